The molecule has 1 aromatic rings. The molecule has 1 N–H and O–H groups in total. The molecule has 110 valence electrons. The van der Waals surface area contributed by atoms with Crippen LogP contribution in [0.15, 0.2) is 11.0 Å². The molecule has 3 nitrogen and oxygen atoms in total. The maximum absolute atomic E-state index is 12.3. The molecule has 19 heavy (non-hydrogen) atoms. The fraction of sp³-hybridized carbons (Fsp3) is 0.636. The zero-order chi connectivity index (χ0) is 14.8. The van der Waals surface area contributed by atoms with Crippen molar-refractivity contribution in [2.75, 3.05) is 5.33 Å². The van der Waals surface area contributed by atoms with E-state index in [1.165, 1.54) is 6.07 Å². The standard InChI is InChI=1S/C11H16BrCl2NO2S2/c1-11(2,3)8(4-5-12)15-19(16,17)7-6-9(13)18-10(7)14/h6,8,15H,4-5H2,1-3H3. The lowest BCUT2D eigenvalue weighted by Crippen LogP contribution is -2.43. The second kappa shape index (κ2) is 6.62. The second-order valence-corrected chi connectivity index (χ2v) is 9.97. The van der Waals surface area contributed by atoms with Gasteiger partial charge in [-0.05, 0) is 17.9 Å². The topological polar surface area (TPSA) is 46.2 Å². The smallest absolute Gasteiger partial charge is 0.207 e. The Kier molecular flexibility index (Phi) is 6.18. The Hall–Kier alpha value is 0.670. The van der Waals surface area contributed by atoms with Gasteiger partial charge in [-0.15, -0.1) is 11.3 Å². The molecule has 0 bridgehead atoms. The molecule has 0 saturated heterocycles. The van der Waals surface area contributed by atoms with Crippen LogP contribution in [0.1, 0.15) is 27.2 Å². The van der Waals surface area contributed by atoms with Gasteiger partial charge in [0, 0.05) is 11.4 Å². The van der Waals surface area contributed by atoms with E-state index in [1.807, 2.05) is 20.8 Å². The van der Waals surface area contributed by atoms with E-state index in [1.54, 1.807) is 0 Å². The van der Waals surface area contributed by atoms with E-state index < -0.39 is 10.0 Å². The van der Waals surface area contributed by atoms with Gasteiger partial charge in [-0.25, -0.2) is 13.1 Å². The van der Waals surface area contributed by atoms with Crippen LogP contribution in [0.3, 0.4) is 0 Å². The van der Waals surface area contributed by atoms with Gasteiger partial charge in [-0.1, -0.05) is 59.9 Å². The summed E-state index contributed by atoms with van der Waals surface area (Å²) in [6.07, 6.45) is 0.693. The Balaban J connectivity index is 3.04. The largest absolute Gasteiger partial charge is 0.243 e. The molecule has 1 aromatic heterocycles. The van der Waals surface area contributed by atoms with Crippen molar-refractivity contribution in [2.24, 2.45) is 5.41 Å². The van der Waals surface area contributed by atoms with Crippen molar-refractivity contribution in [3.05, 3.63) is 14.7 Å². The third kappa shape index (κ3) is 4.86. The lowest BCUT2D eigenvalue weighted by atomic mass is 9.86. The summed E-state index contributed by atoms with van der Waals surface area (Å²) >= 11 is 16.1. The molecule has 0 spiro atoms. The Morgan fingerprint density at radius 3 is 2.37 bits per heavy atom. The number of hydrogen-bond acceptors (Lipinski definition) is 3. The first-order valence-electron chi connectivity index (χ1n) is 5.61. The van der Waals surface area contributed by atoms with Crippen LogP contribution in [-0.2, 0) is 10.0 Å². The molecule has 1 rings (SSSR count). The predicted octanol–water partition coefficient (Wildman–Crippen LogP) is 4.53. The van der Waals surface area contributed by atoms with Crippen molar-refractivity contribution < 1.29 is 8.42 Å². The van der Waals surface area contributed by atoms with Crippen molar-refractivity contribution in [2.45, 2.75) is 38.1 Å². The van der Waals surface area contributed by atoms with Gasteiger partial charge >= 0.3 is 0 Å². The van der Waals surface area contributed by atoms with Crippen molar-refractivity contribution >= 4 is 60.5 Å². The summed E-state index contributed by atoms with van der Waals surface area (Å²) in [6.45, 7) is 5.97. The average Bonchev–Trinajstić information content (AvgIpc) is 2.56. The van der Waals surface area contributed by atoms with E-state index in [0.717, 1.165) is 16.7 Å². The first kappa shape index (κ1) is 17.7. The molecule has 0 aliphatic carbocycles. The van der Waals surface area contributed by atoms with Gasteiger partial charge in [-0.2, -0.15) is 0 Å². The first-order chi connectivity index (χ1) is 8.58. The fourth-order valence-corrected chi connectivity index (χ4v) is 5.62. The monoisotopic (exact) mass is 407 g/mol. The fourth-order valence-electron chi connectivity index (χ4n) is 1.54. The van der Waals surface area contributed by atoms with Crippen LogP contribution in [0.25, 0.3) is 0 Å². The Morgan fingerprint density at radius 1 is 1.42 bits per heavy atom. The van der Waals surface area contributed by atoms with E-state index in [2.05, 4.69) is 20.7 Å². The molecule has 8 heteroatoms. The Labute approximate surface area is 136 Å². The minimum Gasteiger partial charge on any atom is -0.207 e. The predicted molar refractivity (Wildman–Crippen MR) is 86.3 cm³/mol. The molecule has 0 radical (unpaired) electrons. The van der Waals surface area contributed by atoms with E-state index in [9.17, 15) is 8.42 Å². The zero-order valence-corrected chi connectivity index (χ0v) is 15.6. The van der Waals surface area contributed by atoms with Gasteiger partial charge in [0.1, 0.15) is 9.23 Å². The normalized spacial score (nSPS) is 14.6. The highest BCUT2D eigenvalue weighted by Gasteiger charge is 2.30. The summed E-state index contributed by atoms with van der Waals surface area (Å²) in [4.78, 5) is 0.0491. The summed E-state index contributed by atoms with van der Waals surface area (Å²) < 4.78 is 27.9. The lowest BCUT2D eigenvalue weighted by molar-refractivity contribution is 0.293. The van der Waals surface area contributed by atoms with Gasteiger partial charge in [0.15, 0.2) is 0 Å². The quantitative estimate of drug-likeness (QED) is 0.727. The summed E-state index contributed by atoms with van der Waals surface area (Å²) in [5, 5.41) is 0.718. The highest BCUT2D eigenvalue weighted by Crippen LogP contribution is 2.35. The summed E-state index contributed by atoms with van der Waals surface area (Å²) in [5.41, 5.74) is -0.187. The SMILES string of the molecule is CC(C)(C)C(CCBr)NS(=O)(=O)c1cc(Cl)sc1Cl. The third-order valence-corrected chi connectivity index (χ3v) is 6.34. The van der Waals surface area contributed by atoms with Crippen molar-refractivity contribution in [3.8, 4) is 0 Å². The van der Waals surface area contributed by atoms with E-state index in [-0.39, 0.29) is 20.7 Å². The van der Waals surface area contributed by atoms with Gasteiger partial charge in [-0.3, -0.25) is 0 Å². The van der Waals surface area contributed by atoms with Crippen LogP contribution < -0.4 is 4.72 Å². The van der Waals surface area contributed by atoms with Crippen molar-refractivity contribution in [3.63, 3.8) is 0 Å². The van der Waals surface area contributed by atoms with Crippen LogP contribution in [0.5, 0.6) is 0 Å². The van der Waals surface area contributed by atoms with Gasteiger partial charge in [0.25, 0.3) is 0 Å². The minimum absolute atomic E-state index is 0.0491. The number of alkyl halides is 1. The third-order valence-electron chi connectivity index (χ3n) is 2.66. The molecule has 0 amide bonds. The molecule has 0 fully saturated rings. The summed E-state index contributed by atoms with van der Waals surface area (Å²) in [6, 6.07) is 1.19. The van der Waals surface area contributed by atoms with E-state index >= 15 is 0 Å². The maximum Gasteiger partial charge on any atom is 0.243 e. The Morgan fingerprint density at radius 2 is 2.00 bits per heavy atom. The molecule has 1 unspecified atom stereocenters. The molecule has 0 aliphatic rings. The molecular formula is C11H16BrCl2NO2S2. The number of rotatable bonds is 5. The van der Waals surface area contributed by atoms with Crippen molar-refractivity contribution in [1.82, 2.24) is 4.72 Å². The van der Waals surface area contributed by atoms with E-state index in [4.69, 9.17) is 23.2 Å². The zero-order valence-electron chi connectivity index (χ0n) is 10.8. The van der Waals surface area contributed by atoms with Gasteiger partial charge < -0.3 is 0 Å². The van der Waals surface area contributed by atoms with Gasteiger partial charge in [0.2, 0.25) is 10.0 Å². The van der Waals surface area contributed by atoms with Gasteiger partial charge in [0.05, 0.1) is 4.34 Å². The molecule has 0 aromatic carbocycles. The minimum atomic E-state index is -3.65. The highest BCUT2D eigenvalue weighted by molar-refractivity contribution is 9.09. The van der Waals surface area contributed by atoms with E-state index in [0.29, 0.717) is 10.8 Å². The molecule has 0 aliphatic heterocycles. The average molecular weight is 409 g/mol. The molecule has 0 saturated carbocycles. The second-order valence-electron chi connectivity index (χ2n) is 5.21. The number of thiophene rings is 1. The number of halogens is 3. The van der Waals surface area contributed by atoms with Crippen LogP contribution in [0.4, 0.5) is 0 Å². The summed E-state index contributed by atoms with van der Waals surface area (Å²) in [7, 11) is -3.65. The number of nitrogens with one attached hydrogen (secondary N) is 1. The van der Waals surface area contributed by atoms with Crippen molar-refractivity contribution in [1.29, 1.82) is 0 Å². The molecule has 1 atom stereocenters. The molecular weight excluding hydrogens is 393 g/mol. The maximum atomic E-state index is 12.3. The summed E-state index contributed by atoms with van der Waals surface area (Å²) in [5.74, 6) is 0. The van der Waals surface area contributed by atoms with Crippen LogP contribution in [0, 0.1) is 5.41 Å². The lowest BCUT2D eigenvalue weighted by Gasteiger charge is -2.30. The highest BCUT2D eigenvalue weighted by atomic mass is 79.9. The first-order valence-corrected chi connectivity index (χ1v) is 9.79. The van der Waals surface area contributed by atoms with Crippen LogP contribution in [-0.4, -0.2) is 19.8 Å². The number of sulfonamides is 1. The van der Waals surface area contributed by atoms with Crippen LogP contribution >= 0.6 is 50.5 Å². The number of hydrogen-bond donors (Lipinski definition) is 1. The molecule has 1 heterocycles. The van der Waals surface area contributed by atoms with Crippen LogP contribution in [0.2, 0.25) is 8.67 Å². The Bertz CT molecular complexity index is 537.